The van der Waals surface area contributed by atoms with E-state index in [4.69, 9.17) is 10.5 Å². The van der Waals surface area contributed by atoms with Crippen LogP contribution < -0.4 is 5.73 Å². The molecule has 118 valence electrons. The fourth-order valence-electron chi connectivity index (χ4n) is 2.37. The number of halogens is 1. The van der Waals surface area contributed by atoms with Crippen molar-refractivity contribution in [2.24, 2.45) is 11.7 Å². The van der Waals surface area contributed by atoms with Crippen LogP contribution in [0.4, 0.5) is 9.18 Å². The second kappa shape index (κ2) is 7.02. The van der Waals surface area contributed by atoms with Gasteiger partial charge >= 0.3 is 12.0 Å². The Morgan fingerprint density at radius 1 is 1.36 bits per heavy atom. The highest BCUT2D eigenvalue weighted by Crippen LogP contribution is 2.17. The number of primary amides is 1. The number of ketones is 1. The van der Waals surface area contributed by atoms with Crippen molar-refractivity contribution in [1.82, 2.24) is 4.90 Å². The second-order valence-corrected chi connectivity index (χ2v) is 5.16. The molecular weight excluding hydrogens is 291 g/mol. The van der Waals surface area contributed by atoms with Crippen LogP contribution in [0.2, 0.25) is 0 Å². The normalized spacial score (nSPS) is 17.9. The number of rotatable bonds is 4. The molecule has 0 radical (unpaired) electrons. The number of amides is 2. The number of esters is 1. The highest BCUT2D eigenvalue weighted by molar-refractivity contribution is 5.98. The lowest BCUT2D eigenvalue weighted by molar-refractivity contribution is -0.148. The van der Waals surface area contributed by atoms with Crippen LogP contribution in [0.5, 0.6) is 0 Å². The molecule has 2 N–H and O–H groups in total. The molecule has 1 fully saturated rings. The van der Waals surface area contributed by atoms with E-state index in [1.165, 1.54) is 23.1 Å². The SMILES string of the molecule is NC(=O)N1CCC[C@H](C(=O)OCC(=O)c2cccc(F)c2)C1. The molecule has 0 unspecified atom stereocenters. The van der Waals surface area contributed by atoms with Crippen LogP contribution in [-0.4, -0.2) is 42.4 Å². The van der Waals surface area contributed by atoms with Gasteiger partial charge in [-0.15, -0.1) is 0 Å². The fourth-order valence-corrected chi connectivity index (χ4v) is 2.37. The summed E-state index contributed by atoms with van der Waals surface area (Å²) in [6, 6.07) is 4.60. The molecule has 0 aromatic heterocycles. The van der Waals surface area contributed by atoms with Gasteiger partial charge in [0.1, 0.15) is 5.82 Å². The van der Waals surface area contributed by atoms with Gasteiger partial charge in [-0.3, -0.25) is 9.59 Å². The number of carbonyl (C=O) groups excluding carboxylic acids is 3. The van der Waals surface area contributed by atoms with Gasteiger partial charge in [0.25, 0.3) is 0 Å². The average molecular weight is 308 g/mol. The van der Waals surface area contributed by atoms with Crippen LogP contribution in [0, 0.1) is 11.7 Å². The van der Waals surface area contributed by atoms with Gasteiger partial charge < -0.3 is 15.4 Å². The van der Waals surface area contributed by atoms with E-state index in [1.807, 2.05) is 0 Å². The molecule has 2 rings (SSSR count). The number of hydrogen-bond donors (Lipinski definition) is 1. The van der Waals surface area contributed by atoms with Gasteiger partial charge in [-0.25, -0.2) is 9.18 Å². The number of nitrogens with zero attached hydrogens (tertiary/aromatic N) is 1. The number of nitrogens with two attached hydrogens (primary N) is 1. The highest BCUT2D eigenvalue weighted by Gasteiger charge is 2.29. The van der Waals surface area contributed by atoms with Gasteiger partial charge in [-0.2, -0.15) is 0 Å². The average Bonchev–Trinajstić information content (AvgIpc) is 2.52. The van der Waals surface area contributed by atoms with Crippen LogP contribution >= 0.6 is 0 Å². The molecule has 6 nitrogen and oxygen atoms in total. The van der Waals surface area contributed by atoms with Crippen LogP contribution in [0.1, 0.15) is 23.2 Å². The smallest absolute Gasteiger partial charge is 0.314 e. The predicted molar refractivity (Wildman–Crippen MR) is 75.6 cm³/mol. The van der Waals surface area contributed by atoms with Gasteiger partial charge in [0.05, 0.1) is 5.92 Å². The van der Waals surface area contributed by atoms with Gasteiger partial charge in [-0.1, -0.05) is 12.1 Å². The molecule has 1 aromatic rings. The number of carbonyl (C=O) groups is 3. The molecule has 0 spiro atoms. The third-order valence-corrected chi connectivity index (χ3v) is 3.56. The summed E-state index contributed by atoms with van der Waals surface area (Å²) in [4.78, 5) is 36.3. The maximum Gasteiger partial charge on any atom is 0.314 e. The van der Waals surface area contributed by atoms with E-state index in [2.05, 4.69) is 0 Å². The van der Waals surface area contributed by atoms with Crippen LogP contribution in [0.25, 0.3) is 0 Å². The Kier molecular flexibility index (Phi) is 5.08. The number of likely N-dealkylation sites (tertiary alicyclic amines) is 1. The Hall–Kier alpha value is -2.44. The van der Waals surface area contributed by atoms with E-state index in [0.717, 1.165) is 6.07 Å². The fraction of sp³-hybridized carbons (Fsp3) is 0.400. The Bertz CT molecular complexity index is 591. The molecule has 1 aliphatic rings. The van der Waals surface area contributed by atoms with Crippen molar-refractivity contribution in [2.75, 3.05) is 19.7 Å². The van der Waals surface area contributed by atoms with Crippen molar-refractivity contribution < 1.29 is 23.5 Å². The molecule has 1 aliphatic heterocycles. The summed E-state index contributed by atoms with van der Waals surface area (Å²) in [6.07, 6.45) is 1.23. The third-order valence-electron chi connectivity index (χ3n) is 3.56. The summed E-state index contributed by atoms with van der Waals surface area (Å²) in [5, 5.41) is 0. The summed E-state index contributed by atoms with van der Waals surface area (Å²) in [7, 11) is 0. The molecule has 0 aliphatic carbocycles. The first-order valence-corrected chi connectivity index (χ1v) is 6.97. The zero-order chi connectivity index (χ0) is 16.1. The van der Waals surface area contributed by atoms with E-state index in [9.17, 15) is 18.8 Å². The maximum absolute atomic E-state index is 13.0. The lowest BCUT2D eigenvalue weighted by Gasteiger charge is -2.30. The number of hydrogen-bond acceptors (Lipinski definition) is 4. The molecule has 1 aromatic carbocycles. The van der Waals surface area contributed by atoms with E-state index in [1.54, 1.807) is 0 Å². The van der Waals surface area contributed by atoms with Crippen molar-refractivity contribution >= 4 is 17.8 Å². The number of urea groups is 1. The summed E-state index contributed by atoms with van der Waals surface area (Å²) in [5.41, 5.74) is 5.34. The first-order valence-electron chi connectivity index (χ1n) is 6.97. The second-order valence-electron chi connectivity index (χ2n) is 5.16. The molecule has 7 heteroatoms. The molecule has 1 saturated heterocycles. The summed E-state index contributed by atoms with van der Waals surface area (Å²) >= 11 is 0. The number of piperidine rings is 1. The van der Waals surface area contributed by atoms with Crippen molar-refractivity contribution in [3.8, 4) is 0 Å². The summed E-state index contributed by atoms with van der Waals surface area (Å²) < 4.78 is 18.0. The summed E-state index contributed by atoms with van der Waals surface area (Å²) in [5.74, 6) is -2.03. The number of ether oxygens (including phenoxy) is 1. The van der Waals surface area contributed by atoms with Crippen LogP contribution in [0.15, 0.2) is 24.3 Å². The van der Waals surface area contributed by atoms with Gasteiger partial charge in [0.2, 0.25) is 0 Å². The van der Waals surface area contributed by atoms with Crippen molar-refractivity contribution in [3.63, 3.8) is 0 Å². The van der Waals surface area contributed by atoms with Crippen molar-refractivity contribution in [2.45, 2.75) is 12.8 Å². The first kappa shape index (κ1) is 15.9. The Morgan fingerprint density at radius 3 is 2.82 bits per heavy atom. The van der Waals surface area contributed by atoms with E-state index in [-0.39, 0.29) is 12.1 Å². The van der Waals surface area contributed by atoms with Crippen molar-refractivity contribution in [1.29, 1.82) is 0 Å². The zero-order valence-electron chi connectivity index (χ0n) is 12.0. The predicted octanol–water partition coefficient (Wildman–Crippen LogP) is 1.34. The van der Waals surface area contributed by atoms with Gasteiger partial charge in [-0.05, 0) is 25.0 Å². The topological polar surface area (TPSA) is 89.7 Å². The number of benzene rings is 1. The maximum atomic E-state index is 13.0. The standard InChI is InChI=1S/C15H17FN2O4/c16-12-5-1-3-10(7-12)13(19)9-22-14(20)11-4-2-6-18(8-11)15(17)21/h1,3,5,7,11H,2,4,6,8-9H2,(H2,17,21)/t11-/m0/s1. The van der Waals surface area contributed by atoms with Gasteiger partial charge in [0.15, 0.2) is 12.4 Å². The number of Topliss-reactive ketones (excluding diaryl/α,β-unsaturated/α-hetero) is 1. The molecule has 1 heterocycles. The molecular formula is C15H17FN2O4. The van der Waals surface area contributed by atoms with Crippen LogP contribution in [0.3, 0.4) is 0 Å². The summed E-state index contributed by atoms with van der Waals surface area (Å²) in [6.45, 7) is 0.263. The zero-order valence-corrected chi connectivity index (χ0v) is 12.0. The molecule has 2 amide bonds. The molecule has 1 atom stereocenters. The minimum absolute atomic E-state index is 0.148. The van der Waals surface area contributed by atoms with E-state index < -0.39 is 36.1 Å². The van der Waals surface area contributed by atoms with Crippen LogP contribution in [-0.2, 0) is 9.53 Å². The highest BCUT2D eigenvalue weighted by atomic mass is 19.1. The van der Waals surface area contributed by atoms with E-state index >= 15 is 0 Å². The third kappa shape index (κ3) is 4.03. The van der Waals surface area contributed by atoms with E-state index in [0.29, 0.717) is 19.4 Å². The Balaban J connectivity index is 1.87. The minimum atomic E-state index is -0.576. The molecule has 0 saturated carbocycles. The Labute approximate surface area is 127 Å². The van der Waals surface area contributed by atoms with Gasteiger partial charge in [0, 0.05) is 18.7 Å². The largest absolute Gasteiger partial charge is 0.457 e. The lowest BCUT2D eigenvalue weighted by atomic mass is 9.98. The molecule has 0 bridgehead atoms. The minimum Gasteiger partial charge on any atom is -0.457 e. The quantitative estimate of drug-likeness (QED) is 0.671. The van der Waals surface area contributed by atoms with Crippen molar-refractivity contribution in [3.05, 3.63) is 35.6 Å². The lowest BCUT2D eigenvalue weighted by Crippen LogP contribution is -2.45. The Morgan fingerprint density at radius 2 is 2.14 bits per heavy atom. The monoisotopic (exact) mass is 308 g/mol. The first-order chi connectivity index (χ1) is 10.5. The molecule has 22 heavy (non-hydrogen) atoms.